The van der Waals surface area contributed by atoms with Crippen molar-refractivity contribution in [2.24, 2.45) is 0 Å². The zero-order chi connectivity index (χ0) is 13.2. The highest BCUT2D eigenvalue weighted by Gasteiger charge is 2.49. The van der Waals surface area contributed by atoms with E-state index in [1.165, 1.54) is 0 Å². The Hall–Kier alpha value is -0.350. The molecule has 0 spiro atoms. The topological polar surface area (TPSA) is 54.4 Å². The molecule has 2 rings (SSSR count). The first-order valence-electron chi connectivity index (χ1n) is 7.04. The molecule has 0 aliphatic carbocycles. The molecule has 2 aliphatic heterocycles. The van der Waals surface area contributed by atoms with Crippen LogP contribution in [-0.2, 0) is 9.84 Å². The van der Waals surface area contributed by atoms with E-state index in [1.54, 1.807) is 0 Å². The molecule has 0 aromatic heterocycles. The molecule has 2 saturated heterocycles. The van der Waals surface area contributed by atoms with Gasteiger partial charge < -0.3 is 5.11 Å². The summed E-state index contributed by atoms with van der Waals surface area (Å²) in [6, 6.07) is 0. The molecule has 0 amide bonds. The highest BCUT2D eigenvalue weighted by Crippen LogP contribution is 2.43. The van der Waals surface area contributed by atoms with E-state index in [9.17, 15) is 13.5 Å². The number of rotatable bonds is 5. The van der Waals surface area contributed by atoms with Gasteiger partial charge in [0.05, 0.1) is 16.1 Å². The van der Waals surface area contributed by atoms with Gasteiger partial charge in [-0.3, -0.25) is 0 Å². The van der Waals surface area contributed by atoms with Gasteiger partial charge in [0.1, 0.15) is 0 Å². The summed E-state index contributed by atoms with van der Waals surface area (Å²) in [5, 5.41) is 10.1. The van der Waals surface area contributed by atoms with Crippen LogP contribution in [0.1, 0.15) is 57.8 Å². The van der Waals surface area contributed by atoms with Crippen molar-refractivity contribution in [3.05, 3.63) is 12.7 Å². The van der Waals surface area contributed by atoms with Gasteiger partial charge in [-0.15, -0.1) is 6.58 Å². The Kier molecular flexibility index (Phi) is 4.17. The lowest BCUT2D eigenvalue weighted by Gasteiger charge is -2.44. The van der Waals surface area contributed by atoms with Crippen LogP contribution in [0.3, 0.4) is 0 Å². The lowest BCUT2D eigenvalue weighted by Crippen LogP contribution is -2.51. The smallest absolute Gasteiger partial charge is 0.156 e. The van der Waals surface area contributed by atoms with Crippen molar-refractivity contribution in [1.29, 1.82) is 0 Å². The molecule has 0 saturated carbocycles. The van der Waals surface area contributed by atoms with E-state index in [0.29, 0.717) is 12.8 Å². The summed E-state index contributed by atoms with van der Waals surface area (Å²) in [5.41, 5.74) is -0.734. The Morgan fingerprint density at radius 2 is 1.83 bits per heavy atom. The highest BCUT2D eigenvalue weighted by molar-refractivity contribution is 7.92. The molecule has 2 bridgehead atoms. The Balaban J connectivity index is 1.98. The van der Waals surface area contributed by atoms with Crippen LogP contribution in [0.15, 0.2) is 12.7 Å². The van der Waals surface area contributed by atoms with Gasteiger partial charge in [0.15, 0.2) is 9.84 Å². The quantitative estimate of drug-likeness (QED) is 0.618. The second kappa shape index (κ2) is 5.33. The van der Waals surface area contributed by atoms with E-state index >= 15 is 0 Å². The first-order chi connectivity index (χ1) is 8.48. The van der Waals surface area contributed by atoms with Crippen LogP contribution >= 0.6 is 0 Å². The molecular formula is C14H24O3S. The molecule has 2 atom stereocenters. The largest absolute Gasteiger partial charge is 0.390 e. The number of hydrogen-bond donors (Lipinski definition) is 1. The third kappa shape index (κ3) is 2.80. The molecule has 2 heterocycles. The number of fused-ring (bicyclic) bond motifs is 2. The van der Waals surface area contributed by atoms with Crippen LogP contribution in [0.4, 0.5) is 0 Å². The van der Waals surface area contributed by atoms with E-state index in [-0.39, 0.29) is 10.5 Å². The summed E-state index contributed by atoms with van der Waals surface area (Å²) < 4.78 is 24.3. The van der Waals surface area contributed by atoms with Gasteiger partial charge in [0, 0.05) is 0 Å². The molecule has 0 aromatic carbocycles. The number of sulfone groups is 1. The average Bonchev–Trinajstić information content (AvgIpc) is 2.27. The summed E-state index contributed by atoms with van der Waals surface area (Å²) >= 11 is 0. The third-order valence-corrected chi connectivity index (χ3v) is 7.16. The Labute approximate surface area is 110 Å². The van der Waals surface area contributed by atoms with Crippen molar-refractivity contribution in [2.45, 2.75) is 73.9 Å². The molecule has 104 valence electrons. The van der Waals surface area contributed by atoms with Crippen LogP contribution in [0.2, 0.25) is 0 Å². The molecule has 2 unspecified atom stereocenters. The molecule has 2 fully saturated rings. The van der Waals surface area contributed by atoms with Gasteiger partial charge in [-0.05, 0) is 44.9 Å². The van der Waals surface area contributed by atoms with E-state index in [0.717, 1.165) is 44.9 Å². The van der Waals surface area contributed by atoms with Gasteiger partial charge in [-0.1, -0.05) is 18.9 Å². The second-order valence-corrected chi connectivity index (χ2v) is 8.44. The minimum atomic E-state index is -2.95. The van der Waals surface area contributed by atoms with Crippen LogP contribution in [-0.4, -0.2) is 29.6 Å². The standard InChI is InChI=1S/C14H24O3S/c1-2-3-4-5-9-14(15)10-12-7-6-8-13(11-14)18(12,16)17/h2,12-13,15H,1,3-11H2. The zero-order valence-electron chi connectivity index (χ0n) is 11.0. The molecule has 3 nitrogen and oxygen atoms in total. The Morgan fingerprint density at radius 1 is 1.22 bits per heavy atom. The lowest BCUT2D eigenvalue weighted by atomic mass is 9.82. The first-order valence-corrected chi connectivity index (χ1v) is 8.65. The van der Waals surface area contributed by atoms with E-state index in [4.69, 9.17) is 0 Å². The highest BCUT2D eigenvalue weighted by atomic mass is 32.2. The predicted molar refractivity (Wildman–Crippen MR) is 73.2 cm³/mol. The minimum absolute atomic E-state index is 0.283. The number of unbranched alkanes of at least 4 members (excludes halogenated alkanes) is 2. The van der Waals surface area contributed by atoms with Crippen molar-refractivity contribution < 1.29 is 13.5 Å². The number of hydrogen-bond acceptors (Lipinski definition) is 3. The summed E-state index contributed by atoms with van der Waals surface area (Å²) in [5.74, 6) is 0. The maximum absolute atomic E-state index is 12.1. The number of allylic oxidation sites excluding steroid dienone is 1. The van der Waals surface area contributed by atoms with Crippen LogP contribution in [0, 0.1) is 0 Å². The van der Waals surface area contributed by atoms with Gasteiger partial charge in [0.2, 0.25) is 0 Å². The summed E-state index contributed by atoms with van der Waals surface area (Å²) in [6.07, 6.45) is 9.01. The Morgan fingerprint density at radius 3 is 2.39 bits per heavy atom. The van der Waals surface area contributed by atoms with Gasteiger partial charge >= 0.3 is 0 Å². The van der Waals surface area contributed by atoms with E-state index in [1.807, 2.05) is 6.08 Å². The van der Waals surface area contributed by atoms with E-state index in [2.05, 4.69) is 6.58 Å². The lowest BCUT2D eigenvalue weighted by molar-refractivity contribution is -0.000363. The average molecular weight is 272 g/mol. The fraction of sp³-hybridized carbons (Fsp3) is 0.857. The normalized spacial score (nSPS) is 38.3. The van der Waals surface area contributed by atoms with E-state index < -0.39 is 15.4 Å². The second-order valence-electron chi connectivity index (χ2n) is 5.93. The van der Waals surface area contributed by atoms with Crippen molar-refractivity contribution in [1.82, 2.24) is 0 Å². The summed E-state index contributed by atoms with van der Waals surface area (Å²) in [4.78, 5) is 0. The fourth-order valence-corrected chi connectivity index (χ4v) is 6.11. The van der Waals surface area contributed by atoms with Gasteiger partial charge in [-0.25, -0.2) is 8.42 Å². The Bertz CT molecular complexity index is 379. The molecule has 0 radical (unpaired) electrons. The van der Waals surface area contributed by atoms with Crippen molar-refractivity contribution in [2.75, 3.05) is 0 Å². The fourth-order valence-electron chi connectivity index (χ4n) is 3.49. The molecule has 0 aromatic rings. The zero-order valence-corrected chi connectivity index (χ0v) is 11.8. The summed E-state index contributed by atoms with van der Waals surface area (Å²) in [7, 11) is -2.95. The van der Waals surface area contributed by atoms with Crippen LogP contribution < -0.4 is 0 Å². The van der Waals surface area contributed by atoms with Gasteiger partial charge in [0.25, 0.3) is 0 Å². The first kappa shape index (κ1) is 14.1. The molecule has 1 N–H and O–H groups in total. The molecule has 18 heavy (non-hydrogen) atoms. The summed E-state index contributed by atoms with van der Waals surface area (Å²) in [6.45, 7) is 3.69. The minimum Gasteiger partial charge on any atom is -0.390 e. The van der Waals surface area contributed by atoms with Crippen molar-refractivity contribution in [3.63, 3.8) is 0 Å². The molecule has 2 aliphatic rings. The SMILES string of the molecule is C=CCCCCC1(O)CC2CCCC(C1)S2(=O)=O. The monoisotopic (exact) mass is 272 g/mol. The third-order valence-electron chi connectivity index (χ3n) is 4.50. The van der Waals surface area contributed by atoms with Gasteiger partial charge in [-0.2, -0.15) is 0 Å². The molecule has 4 heteroatoms. The van der Waals surface area contributed by atoms with Crippen molar-refractivity contribution >= 4 is 9.84 Å². The maximum Gasteiger partial charge on any atom is 0.156 e. The number of aliphatic hydroxyl groups is 1. The maximum atomic E-state index is 12.1. The van der Waals surface area contributed by atoms with Crippen LogP contribution in [0.25, 0.3) is 0 Å². The molecular weight excluding hydrogens is 248 g/mol. The van der Waals surface area contributed by atoms with Crippen molar-refractivity contribution in [3.8, 4) is 0 Å². The van der Waals surface area contributed by atoms with Crippen LogP contribution in [0.5, 0.6) is 0 Å². The predicted octanol–water partition coefficient (Wildman–Crippen LogP) is 2.59.